The fourth-order valence-electron chi connectivity index (χ4n) is 2.75. The summed E-state index contributed by atoms with van der Waals surface area (Å²) in [5, 5.41) is 8.97. The summed E-state index contributed by atoms with van der Waals surface area (Å²) < 4.78 is 23.1. The number of likely N-dealkylation sites (N-methyl/N-ethyl adjacent to an activating group) is 1. The van der Waals surface area contributed by atoms with Gasteiger partial charge in [0, 0.05) is 12.6 Å². The van der Waals surface area contributed by atoms with E-state index in [0.717, 1.165) is 0 Å². The molecule has 120 valence electrons. The SMILES string of the molecule is CCN(C(=O)Cc1cccc(C(=O)O)c1)C1CCS(=O)(=O)C1. The van der Waals surface area contributed by atoms with Crippen molar-refractivity contribution in [2.45, 2.75) is 25.8 Å². The number of carboxylic acid groups (broad SMARTS) is 1. The van der Waals surface area contributed by atoms with Crippen LogP contribution in [-0.4, -0.2) is 54.4 Å². The quantitative estimate of drug-likeness (QED) is 0.870. The van der Waals surface area contributed by atoms with E-state index >= 15 is 0 Å². The van der Waals surface area contributed by atoms with Crippen LogP contribution in [0, 0.1) is 0 Å². The van der Waals surface area contributed by atoms with Crippen LogP contribution in [0.5, 0.6) is 0 Å². The molecule has 1 aromatic rings. The number of carbonyl (C=O) groups excluding carboxylic acids is 1. The summed E-state index contributed by atoms with van der Waals surface area (Å²) in [6.45, 7) is 2.26. The molecular weight excluding hydrogens is 306 g/mol. The second-order valence-corrected chi connectivity index (χ2v) is 7.65. The third-order valence-corrected chi connectivity index (χ3v) is 5.59. The Hall–Kier alpha value is -1.89. The first-order valence-corrected chi connectivity index (χ1v) is 8.96. The highest BCUT2D eigenvalue weighted by molar-refractivity contribution is 7.91. The van der Waals surface area contributed by atoms with Gasteiger partial charge in [0.1, 0.15) is 0 Å². The normalized spacial score (nSPS) is 19.8. The van der Waals surface area contributed by atoms with Gasteiger partial charge < -0.3 is 10.0 Å². The monoisotopic (exact) mass is 325 g/mol. The lowest BCUT2D eigenvalue weighted by Gasteiger charge is -2.27. The molecule has 1 fully saturated rings. The van der Waals surface area contributed by atoms with Crippen LogP contribution in [0.4, 0.5) is 0 Å². The number of nitrogens with zero attached hydrogens (tertiary/aromatic N) is 1. The van der Waals surface area contributed by atoms with E-state index in [2.05, 4.69) is 0 Å². The van der Waals surface area contributed by atoms with Gasteiger partial charge in [-0.2, -0.15) is 0 Å². The Labute approximate surface area is 129 Å². The smallest absolute Gasteiger partial charge is 0.335 e. The van der Waals surface area contributed by atoms with Crippen LogP contribution in [0.15, 0.2) is 24.3 Å². The van der Waals surface area contributed by atoms with Crippen molar-refractivity contribution >= 4 is 21.7 Å². The molecule has 1 N–H and O–H groups in total. The zero-order chi connectivity index (χ0) is 16.3. The van der Waals surface area contributed by atoms with Gasteiger partial charge in [-0.3, -0.25) is 4.79 Å². The van der Waals surface area contributed by atoms with Crippen LogP contribution >= 0.6 is 0 Å². The first-order valence-electron chi connectivity index (χ1n) is 7.14. The number of amides is 1. The summed E-state index contributed by atoms with van der Waals surface area (Å²) in [7, 11) is -3.05. The van der Waals surface area contributed by atoms with Crippen molar-refractivity contribution in [3.63, 3.8) is 0 Å². The second-order valence-electron chi connectivity index (χ2n) is 5.42. The molecule has 1 heterocycles. The largest absolute Gasteiger partial charge is 0.478 e. The summed E-state index contributed by atoms with van der Waals surface area (Å²) in [6, 6.07) is 5.97. The zero-order valence-electron chi connectivity index (χ0n) is 12.4. The number of hydrogen-bond acceptors (Lipinski definition) is 4. The average Bonchev–Trinajstić information content (AvgIpc) is 2.80. The van der Waals surface area contributed by atoms with Gasteiger partial charge in [0.15, 0.2) is 9.84 Å². The number of carbonyl (C=O) groups is 2. The minimum absolute atomic E-state index is 0.0156. The third kappa shape index (κ3) is 3.85. The van der Waals surface area contributed by atoms with Gasteiger partial charge in [0.2, 0.25) is 5.91 Å². The number of aromatic carboxylic acids is 1. The van der Waals surface area contributed by atoms with Gasteiger partial charge in [-0.15, -0.1) is 0 Å². The van der Waals surface area contributed by atoms with E-state index in [1.807, 2.05) is 6.92 Å². The number of benzene rings is 1. The maximum Gasteiger partial charge on any atom is 0.335 e. The predicted molar refractivity (Wildman–Crippen MR) is 81.6 cm³/mol. The molecule has 0 saturated carbocycles. The van der Waals surface area contributed by atoms with Gasteiger partial charge in [0.25, 0.3) is 0 Å². The van der Waals surface area contributed by atoms with Crippen LogP contribution in [0.1, 0.15) is 29.3 Å². The number of hydrogen-bond donors (Lipinski definition) is 1. The molecule has 0 aromatic heterocycles. The Morgan fingerprint density at radius 1 is 1.36 bits per heavy atom. The maximum absolute atomic E-state index is 12.4. The summed E-state index contributed by atoms with van der Waals surface area (Å²) in [5.74, 6) is -1.08. The summed E-state index contributed by atoms with van der Waals surface area (Å²) >= 11 is 0. The molecule has 0 radical (unpaired) electrons. The first-order chi connectivity index (χ1) is 10.3. The fourth-order valence-corrected chi connectivity index (χ4v) is 4.48. The van der Waals surface area contributed by atoms with Gasteiger partial charge in [-0.1, -0.05) is 12.1 Å². The van der Waals surface area contributed by atoms with E-state index in [1.165, 1.54) is 12.1 Å². The van der Waals surface area contributed by atoms with Gasteiger partial charge in [-0.25, -0.2) is 13.2 Å². The van der Waals surface area contributed by atoms with Crippen molar-refractivity contribution in [3.8, 4) is 0 Å². The van der Waals surface area contributed by atoms with Crippen LogP contribution in [0.25, 0.3) is 0 Å². The molecule has 1 aromatic carbocycles. The Morgan fingerprint density at radius 2 is 2.09 bits per heavy atom. The molecular formula is C15H19NO5S. The van der Waals surface area contributed by atoms with E-state index in [4.69, 9.17) is 5.11 Å². The van der Waals surface area contributed by atoms with Crippen LogP contribution < -0.4 is 0 Å². The predicted octanol–water partition coefficient (Wildman–Crippen LogP) is 0.963. The third-order valence-electron chi connectivity index (χ3n) is 3.84. The molecule has 22 heavy (non-hydrogen) atoms. The number of rotatable bonds is 5. The summed E-state index contributed by atoms with van der Waals surface area (Å²) in [4.78, 5) is 24.9. The highest BCUT2D eigenvalue weighted by Gasteiger charge is 2.33. The highest BCUT2D eigenvalue weighted by Crippen LogP contribution is 2.19. The average molecular weight is 325 g/mol. The summed E-state index contributed by atoms with van der Waals surface area (Å²) in [5.41, 5.74) is 0.751. The lowest BCUT2D eigenvalue weighted by Crippen LogP contribution is -2.41. The van der Waals surface area contributed by atoms with Crippen molar-refractivity contribution < 1.29 is 23.1 Å². The van der Waals surface area contributed by atoms with E-state index in [1.54, 1.807) is 17.0 Å². The van der Waals surface area contributed by atoms with Crippen molar-refractivity contribution in [1.29, 1.82) is 0 Å². The Kier molecular flexibility index (Phi) is 4.85. The molecule has 2 rings (SSSR count). The molecule has 7 heteroatoms. The lowest BCUT2D eigenvalue weighted by atomic mass is 10.1. The molecule has 1 amide bonds. The number of sulfone groups is 1. The Bertz CT molecular complexity index is 683. The van der Waals surface area contributed by atoms with Crippen molar-refractivity contribution in [2.75, 3.05) is 18.1 Å². The molecule has 1 aliphatic rings. The van der Waals surface area contributed by atoms with E-state index in [0.29, 0.717) is 18.5 Å². The molecule has 1 aliphatic heterocycles. The zero-order valence-corrected chi connectivity index (χ0v) is 13.2. The first kappa shape index (κ1) is 16.5. The van der Waals surface area contributed by atoms with Crippen LogP contribution in [0.2, 0.25) is 0 Å². The lowest BCUT2D eigenvalue weighted by molar-refractivity contribution is -0.132. The van der Waals surface area contributed by atoms with Gasteiger partial charge in [-0.05, 0) is 31.0 Å². The van der Waals surface area contributed by atoms with Gasteiger partial charge in [0.05, 0.1) is 23.5 Å². The Morgan fingerprint density at radius 3 is 2.64 bits per heavy atom. The number of carboxylic acids is 1. The minimum Gasteiger partial charge on any atom is -0.478 e. The molecule has 1 unspecified atom stereocenters. The molecule has 1 saturated heterocycles. The van der Waals surface area contributed by atoms with Crippen molar-refractivity contribution in [1.82, 2.24) is 4.90 Å². The van der Waals surface area contributed by atoms with Crippen LogP contribution in [-0.2, 0) is 21.1 Å². The Balaban J connectivity index is 2.10. The molecule has 6 nitrogen and oxygen atoms in total. The standard InChI is InChI=1S/C15H19NO5S/c1-2-16(13-6-7-22(20,21)10-13)14(17)9-11-4-3-5-12(8-11)15(18)19/h3-5,8,13H,2,6-7,9-10H2,1H3,(H,18,19). The van der Waals surface area contributed by atoms with Crippen molar-refractivity contribution in [3.05, 3.63) is 35.4 Å². The van der Waals surface area contributed by atoms with E-state index < -0.39 is 15.8 Å². The minimum atomic E-state index is -3.05. The molecule has 0 aliphatic carbocycles. The molecule has 1 atom stereocenters. The molecule has 0 spiro atoms. The fraction of sp³-hybridized carbons (Fsp3) is 0.467. The molecule has 0 bridgehead atoms. The van der Waals surface area contributed by atoms with Crippen LogP contribution in [0.3, 0.4) is 0 Å². The van der Waals surface area contributed by atoms with Gasteiger partial charge >= 0.3 is 5.97 Å². The highest BCUT2D eigenvalue weighted by atomic mass is 32.2. The second kappa shape index (κ2) is 6.48. The summed E-state index contributed by atoms with van der Waals surface area (Å²) in [6.07, 6.45) is 0.544. The topological polar surface area (TPSA) is 91.8 Å². The van der Waals surface area contributed by atoms with Crippen molar-refractivity contribution in [2.24, 2.45) is 0 Å². The maximum atomic E-state index is 12.4. The van der Waals surface area contributed by atoms with E-state index in [-0.39, 0.29) is 35.4 Å². The van der Waals surface area contributed by atoms with E-state index in [9.17, 15) is 18.0 Å².